The Morgan fingerprint density at radius 1 is 1.19 bits per heavy atom. The van der Waals surface area contributed by atoms with Crippen LogP contribution in [0.5, 0.6) is 0 Å². The molecular weight excluding hydrogens is 338 g/mol. The number of benzene rings is 1. The van der Waals surface area contributed by atoms with Gasteiger partial charge in [-0.05, 0) is 55.9 Å². The molecule has 4 rings (SSSR count). The Kier molecular flexibility index (Phi) is 4.87. The molecule has 5 nitrogen and oxygen atoms in total. The lowest BCUT2D eigenvalue weighted by Crippen LogP contribution is -2.45. The average Bonchev–Trinajstić information content (AvgIpc) is 2.96. The number of urea groups is 1. The summed E-state index contributed by atoms with van der Waals surface area (Å²) in [4.78, 5) is 17.2. The largest absolute Gasteiger partial charge is 0.381 e. The van der Waals surface area contributed by atoms with Crippen molar-refractivity contribution in [2.24, 2.45) is 5.41 Å². The molecule has 5 heteroatoms. The third-order valence-corrected chi connectivity index (χ3v) is 6.12. The number of nitrogens with zero attached hydrogens (tertiary/aromatic N) is 1. The molecule has 2 aromatic rings. The smallest absolute Gasteiger partial charge is 0.315 e. The normalized spacial score (nSPS) is 20.3. The van der Waals surface area contributed by atoms with Gasteiger partial charge in [-0.3, -0.25) is 4.98 Å². The first-order valence-electron chi connectivity index (χ1n) is 9.70. The van der Waals surface area contributed by atoms with E-state index in [0.29, 0.717) is 6.54 Å². The Labute approximate surface area is 160 Å². The van der Waals surface area contributed by atoms with Crippen molar-refractivity contribution in [3.05, 3.63) is 64.5 Å². The first kappa shape index (κ1) is 18.0. The van der Waals surface area contributed by atoms with Crippen molar-refractivity contribution in [2.75, 3.05) is 13.2 Å². The molecule has 1 aromatic carbocycles. The number of aromatic nitrogens is 1. The molecule has 142 valence electrons. The first-order valence-corrected chi connectivity index (χ1v) is 9.70. The van der Waals surface area contributed by atoms with Crippen LogP contribution in [0.1, 0.15) is 47.0 Å². The number of rotatable bonds is 3. The van der Waals surface area contributed by atoms with Crippen LogP contribution in [0.25, 0.3) is 0 Å². The van der Waals surface area contributed by atoms with Gasteiger partial charge in [-0.1, -0.05) is 30.3 Å². The fourth-order valence-electron chi connectivity index (χ4n) is 4.40. The molecule has 1 aromatic heterocycles. The number of aryl methyl sites for hydroxylation is 2. The van der Waals surface area contributed by atoms with Crippen LogP contribution in [0.3, 0.4) is 0 Å². The van der Waals surface area contributed by atoms with Gasteiger partial charge < -0.3 is 15.4 Å². The van der Waals surface area contributed by atoms with Crippen molar-refractivity contribution < 1.29 is 9.53 Å². The molecule has 1 unspecified atom stereocenters. The number of nitrogens with one attached hydrogen (secondary N) is 2. The Morgan fingerprint density at radius 2 is 1.96 bits per heavy atom. The molecular formula is C22H27N3O2. The zero-order valence-corrected chi connectivity index (χ0v) is 16.0. The van der Waals surface area contributed by atoms with E-state index in [4.69, 9.17) is 4.74 Å². The van der Waals surface area contributed by atoms with Gasteiger partial charge >= 0.3 is 6.03 Å². The quantitative estimate of drug-likeness (QED) is 0.874. The highest BCUT2D eigenvalue weighted by atomic mass is 16.5. The lowest BCUT2D eigenvalue weighted by Gasteiger charge is -2.39. The highest BCUT2D eigenvalue weighted by Crippen LogP contribution is 2.51. The van der Waals surface area contributed by atoms with Crippen LogP contribution < -0.4 is 10.6 Å². The third-order valence-electron chi connectivity index (χ3n) is 6.12. The summed E-state index contributed by atoms with van der Waals surface area (Å²) in [7, 11) is 0. The maximum Gasteiger partial charge on any atom is 0.315 e. The molecule has 1 aliphatic carbocycles. The monoisotopic (exact) mass is 365 g/mol. The predicted octanol–water partition coefficient (Wildman–Crippen LogP) is 3.59. The number of carbonyl (C=O) groups is 1. The van der Waals surface area contributed by atoms with Gasteiger partial charge in [-0.25, -0.2) is 4.79 Å². The topological polar surface area (TPSA) is 63.2 Å². The molecule has 2 N–H and O–H groups in total. The average molecular weight is 365 g/mol. The highest BCUT2D eigenvalue weighted by molar-refractivity contribution is 5.75. The number of ether oxygens (including phenoxy) is 1. The van der Waals surface area contributed by atoms with Gasteiger partial charge in [0.15, 0.2) is 0 Å². The number of hydrogen-bond acceptors (Lipinski definition) is 3. The minimum Gasteiger partial charge on any atom is -0.381 e. The van der Waals surface area contributed by atoms with Gasteiger partial charge in [0.25, 0.3) is 0 Å². The van der Waals surface area contributed by atoms with Gasteiger partial charge in [-0.2, -0.15) is 0 Å². The lowest BCUT2D eigenvalue weighted by atomic mass is 9.74. The highest BCUT2D eigenvalue weighted by Gasteiger charge is 2.47. The van der Waals surface area contributed by atoms with Crippen molar-refractivity contribution in [3.8, 4) is 0 Å². The van der Waals surface area contributed by atoms with Crippen LogP contribution in [0, 0.1) is 19.3 Å². The third kappa shape index (κ3) is 3.56. The lowest BCUT2D eigenvalue weighted by molar-refractivity contribution is 0.00213. The summed E-state index contributed by atoms with van der Waals surface area (Å²) in [6.45, 7) is 5.98. The van der Waals surface area contributed by atoms with Gasteiger partial charge in [0.1, 0.15) is 0 Å². The number of carbonyl (C=O) groups excluding carboxylic acids is 1. The molecule has 0 radical (unpaired) electrons. The van der Waals surface area contributed by atoms with Crippen LogP contribution in [-0.4, -0.2) is 24.2 Å². The summed E-state index contributed by atoms with van der Waals surface area (Å²) in [5, 5.41) is 6.24. The Balaban J connectivity index is 1.47. The number of pyridine rings is 1. The zero-order valence-electron chi connectivity index (χ0n) is 16.0. The van der Waals surface area contributed by atoms with Crippen molar-refractivity contribution in [3.63, 3.8) is 0 Å². The molecule has 0 saturated carbocycles. The maximum atomic E-state index is 12.7. The van der Waals surface area contributed by atoms with E-state index < -0.39 is 0 Å². The molecule has 1 aliphatic heterocycles. The fraction of sp³-hybridized carbons (Fsp3) is 0.455. The van der Waals surface area contributed by atoms with Crippen LogP contribution >= 0.6 is 0 Å². The van der Waals surface area contributed by atoms with E-state index in [0.717, 1.165) is 49.4 Å². The van der Waals surface area contributed by atoms with Gasteiger partial charge in [0.2, 0.25) is 0 Å². The molecule has 2 amide bonds. The van der Waals surface area contributed by atoms with E-state index in [9.17, 15) is 4.79 Å². The molecule has 1 spiro atoms. The standard InChI is InChI=1S/C22H27N3O2/c1-15-7-8-18(24-16(15)2)14-23-21(26)25-20-19-6-4-3-5-17(19)13-22(20)9-11-27-12-10-22/h3-8,20H,9-14H2,1-2H3,(H2,23,25,26). The molecule has 2 aliphatic rings. The van der Waals surface area contributed by atoms with Gasteiger partial charge in [0.05, 0.1) is 18.3 Å². The van der Waals surface area contributed by atoms with Crippen LogP contribution in [0.4, 0.5) is 4.79 Å². The van der Waals surface area contributed by atoms with Crippen LogP contribution in [0.15, 0.2) is 36.4 Å². The van der Waals surface area contributed by atoms with E-state index in [2.05, 4.69) is 39.9 Å². The van der Waals surface area contributed by atoms with E-state index in [1.54, 1.807) is 0 Å². The number of fused-ring (bicyclic) bond motifs is 1. The summed E-state index contributed by atoms with van der Waals surface area (Å²) < 4.78 is 5.60. The van der Waals surface area contributed by atoms with E-state index in [-0.39, 0.29) is 17.5 Å². The second-order valence-electron chi connectivity index (χ2n) is 7.82. The zero-order chi connectivity index (χ0) is 18.9. The molecule has 1 fully saturated rings. The predicted molar refractivity (Wildman–Crippen MR) is 104 cm³/mol. The number of amides is 2. The van der Waals surface area contributed by atoms with Crippen molar-refractivity contribution >= 4 is 6.03 Å². The maximum absolute atomic E-state index is 12.7. The summed E-state index contributed by atoms with van der Waals surface area (Å²) in [5.41, 5.74) is 5.70. The van der Waals surface area contributed by atoms with Gasteiger partial charge in [-0.15, -0.1) is 0 Å². The molecule has 2 heterocycles. The minimum absolute atomic E-state index is 0.0327. The van der Waals surface area contributed by atoms with E-state index in [1.165, 1.54) is 11.1 Å². The van der Waals surface area contributed by atoms with Gasteiger partial charge in [0, 0.05) is 24.3 Å². The second-order valence-corrected chi connectivity index (χ2v) is 7.82. The Hall–Kier alpha value is -2.40. The molecule has 0 bridgehead atoms. The summed E-state index contributed by atoms with van der Waals surface area (Å²) in [5.74, 6) is 0. The molecule has 27 heavy (non-hydrogen) atoms. The Bertz CT molecular complexity index is 843. The van der Waals surface area contributed by atoms with Crippen LogP contribution in [-0.2, 0) is 17.7 Å². The minimum atomic E-state index is -0.136. The van der Waals surface area contributed by atoms with E-state index >= 15 is 0 Å². The SMILES string of the molecule is Cc1ccc(CNC(=O)NC2c3ccccc3CC23CCOCC3)nc1C. The summed E-state index contributed by atoms with van der Waals surface area (Å²) in [6, 6.07) is 12.4. The number of hydrogen-bond donors (Lipinski definition) is 2. The fourth-order valence-corrected chi connectivity index (χ4v) is 4.40. The van der Waals surface area contributed by atoms with Crippen molar-refractivity contribution in [1.82, 2.24) is 15.6 Å². The van der Waals surface area contributed by atoms with Crippen molar-refractivity contribution in [1.29, 1.82) is 0 Å². The molecule has 1 saturated heterocycles. The Morgan fingerprint density at radius 3 is 2.74 bits per heavy atom. The summed E-state index contributed by atoms with van der Waals surface area (Å²) >= 11 is 0. The van der Waals surface area contributed by atoms with Crippen molar-refractivity contribution in [2.45, 2.75) is 45.7 Å². The van der Waals surface area contributed by atoms with Crippen LogP contribution in [0.2, 0.25) is 0 Å². The second kappa shape index (κ2) is 7.31. The first-order chi connectivity index (χ1) is 13.1. The molecule has 1 atom stereocenters. The summed E-state index contributed by atoms with van der Waals surface area (Å²) in [6.07, 6.45) is 2.97. The van der Waals surface area contributed by atoms with E-state index in [1.807, 2.05) is 26.0 Å².